The summed E-state index contributed by atoms with van der Waals surface area (Å²) in [4.78, 5) is 51.0. The lowest BCUT2D eigenvalue weighted by molar-refractivity contribution is -0.136. The molecule has 2 atom stereocenters. The summed E-state index contributed by atoms with van der Waals surface area (Å²) in [5.74, 6) is 2.24. The molecule has 56 heavy (non-hydrogen) atoms. The van der Waals surface area contributed by atoms with Crippen LogP contribution in [-0.4, -0.2) is 95.6 Å². The molecule has 296 valence electrons. The Morgan fingerprint density at radius 1 is 0.946 bits per heavy atom. The number of phenols is 1. The van der Waals surface area contributed by atoms with Gasteiger partial charge in [0.2, 0.25) is 11.8 Å². The van der Waals surface area contributed by atoms with E-state index in [1.165, 1.54) is 56.1 Å². The number of aryl methyl sites for hydroxylation is 2. The summed E-state index contributed by atoms with van der Waals surface area (Å²) in [5.41, 5.74) is 5.86. The van der Waals surface area contributed by atoms with Gasteiger partial charge in [-0.3, -0.25) is 24.6 Å². The Kier molecular flexibility index (Phi) is 11.1. The Balaban J connectivity index is 0.000000266. The number of carbonyl (C=O) groups excluding carboxylic acids is 3. The molecule has 1 aromatic heterocycles. The van der Waals surface area contributed by atoms with E-state index in [1.54, 1.807) is 17.0 Å². The number of benzene rings is 2. The van der Waals surface area contributed by atoms with Gasteiger partial charge in [0.25, 0.3) is 5.91 Å². The van der Waals surface area contributed by atoms with Crippen LogP contribution in [0, 0.1) is 11.3 Å². The molecular weight excluding hydrogens is 705 g/mol. The lowest BCUT2D eigenvalue weighted by Crippen LogP contribution is -2.59. The van der Waals surface area contributed by atoms with E-state index in [2.05, 4.69) is 49.8 Å². The monoisotopic (exact) mass is 760 g/mol. The van der Waals surface area contributed by atoms with Gasteiger partial charge in [-0.1, -0.05) is 18.2 Å². The zero-order chi connectivity index (χ0) is 38.8. The van der Waals surface area contributed by atoms with Crippen molar-refractivity contribution >= 4 is 29.2 Å². The minimum atomic E-state index is -0.601. The van der Waals surface area contributed by atoms with Crippen molar-refractivity contribution in [1.29, 1.82) is 0 Å². The van der Waals surface area contributed by atoms with Gasteiger partial charge in [-0.25, -0.2) is 4.98 Å². The van der Waals surface area contributed by atoms with Crippen LogP contribution >= 0.6 is 0 Å². The van der Waals surface area contributed by atoms with E-state index in [0.29, 0.717) is 42.3 Å². The number of nitrogens with one attached hydrogen (secondary N) is 1. The molecule has 1 saturated carbocycles. The lowest BCUT2D eigenvalue weighted by Gasteiger charge is -2.54. The average molecular weight is 761 g/mol. The lowest BCUT2D eigenvalue weighted by atomic mass is 9.66. The SMILES string of the molecule is C=CC.O=C1CCC(N2Cc3cc4c(cc3C2=O)OCC2CN(CC3CCC5(CC3)CN(c3ccccn3)C5)CCN42)C(=O)N1.Oc1ccc2c(c1)CCCC2. The van der Waals surface area contributed by atoms with Gasteiger partial charge in [0.1, 0.15) is 30.0 Å². The van der Waals surface area contributed by atoms with E-state index in [9.17, 15) is 19.5 Å². The minimum Gasteiger partial charge on any atom is -0.508 e. The fourth-order valence-corrected chi connectivity index (χ4v) is 9.99. The highest BCUT2D eigenvalue weighted by Gasteiger charge is 2.46. The zero-order valence-electron chi connectivity index (χ0n) is 32.8. The summed E-state index contributed by atoms with van der Waals surface area (Å²) < 4.78 is 6.24. The highest BCUT2D eigenvalue weighted by molar-refractivity contribution is 6.06. The van der Waals surface area contributed by atoms with Crippen molar-refractivity contribution in [3.63, 3.8) is 0 Å². The molecule has 4 fully saturated rings. The molecule has 2 N–H and O–H groups in total. The minimum absolute atomic E-state index is 0.154. The van der Waals surface area contributed by atoms with Crippen molar-refractivity contribution in [2.75, 3.05) is 55.7 Å². The Labute approximate surface area is 330 Å². The number of anilines is 2. The molecule has 2 aromatic carbocycles. The van der Waals surface area contributed by atoms with Crippen LogP contribution in [0.1, 0.15) is 85.3 Å². The zero-order valence-corrected chi connectivity index (χ0v) is 32.8. The molecule has 3 aromatic rings. The number of carbonyl (C=O) groups is 3. The molecule has 0 radical (unpaired) electrons. The number of piperidine rings is 1. The number of fused-ring (bicyclic) bond motifs is 5. The van der Waals surface area contributed by atoms with Crippen LogP contribution in [0.25, 0.3) is 0 Å². The van der Waals surface area contributed by atoms with E-state index < -0.39 is 6.04 Å². The Hall–Kier alpha value is -4.90. The van der Waals surface area contributed by atoms with Crippen molar-refractivity contribution in [2.45, 2.75) is 89.8 Å². The fourth-order valence-electron chi connectivity index (χ4n) is 9.99. The van der Waals surface area contributed by atoms with Crippen LogP contribution in [0.3, 0.4) is 0 Å². The maximum atomic E-state index is 13.2. The van der Waals surface area contributed by atoms with E-state index in [1.807, 2.05) is 37.4 Å². The topological polar surface area (TPSA) is 119 Å². The molecule has 2 aliphatic carbocycles. The number of nitrogens with zero attached hydrogens (tertiary/aromatic N) is 5. The maximum Gasteiger partial charge on any atom is 0.255 e. The van der Waals surface area contributed by atoms with Crippen LogP contribution in [0.15, 0.2) is 67.4 Å². The number of imide groups is 1. The largest absolute Gasteiger partial charge is 0.508 e. The Morgan fingerprint density at radius 3 is 2.48 bits per heavy atom. The standard InChI is InChI=1S/C32H38N6O4.C10H12O.C3H6/c39-29-5-4-25(30(40)34-29)38-16-22-13-26-27(14-24(22)31(38)41)42-18-23-17-35(11-12-37(23)26)15-21-6-8-32(9-7-21)19-36(20-32)28-3-1-2-10-33-28;11-10-6-5-8-3-1-2-4-9(8)7-10;1-3-2/h1-3,10,13-14,21,23,25H,4-9,11-12,15-20H2,(H,34,39,40);5-7,11H,1-4H2;3H,1H2,2H3. The summed E-state index contributed by atoms with van der Waals surface area (Å²) in [6, 6.07) is 15.6. The van der Waals surface area contributed by atoms with Crippen molar-refractivity contribution in [2.24, 2.45) is 11.3 Å². The van der Waals surface area contributed by atoms with E-state index >= 15 is 0 Å². The first-order valence-corrected chi connectivity index (χ1v) is 20.7. The number of hydrogen-bond acceptors (Lipinski definition) is 9. The van der Waals surface area contributed by atoms with Gasteiger partial charge in [-0.15, -0.1) is 6.58 Å². The van der Waals surface area contributed by atoms with Crippen molar-refractivity contribution in [3.05, 3.63) is 89.6 Å². The summed E-state index contributed by atoms with van der Waals surface area (Å²) in [6.45, 7) is 12.7. The fraction of sp³-hybridized carbons (Fsp3) is 0.511. The third-order valence-electron chi connectivity index (χ3n) is 13.0. The molecule has 7 aliphatic rings. The van der Waals surface area contributed by atoms with Gasteiger partial charge < -0.3 is 24.5 Å². The maximum absolute atomic E-state index is 13.2. The highest BCUT2D eigenvalue weighted by Crippen LogP contribution is 2.47. The van der Waals surface area contributed by atoms with Crippen molar-refractivity contribution < 1.29 is 24.2 Å². The van der Waals surface area contributed by atoms with Gasteiger partial charge in [0, 0.05) is 69.4 Å². The van der Waals surface area contributed by atoms with Gasteiger partial charge in [0.15, 0.2) is 0 Å². The van der Waals surface area contributed by atoms with E-state index in [0.717, 1.165) is 74.4 Å². The van der Waals surface area contributed by atoms with Crippen molar-refractivity contribution in [1.82, 2.24) is 20.1 Å². The summed E-state index contributed by atoms with van der Waals surface area (Å²) in [5, 5.41) is 11.6. The third kappa shape index (κ3) is 7.88. The molecule has 2 unspecified atom stereocenters. The van der Waals surface area contributed by atoms with Gasteiger partial charge in [0.05, 0.1) is 11.7 Å². The number of hydrogen-bond donors (Lipinski definition) is 2. The first kappa shape index (κ1) is 38.0. The molecule has 3 saturated heterocycles. The number of ether oxygens (including phenoxy) is 1. The first-order valence-electron chi connectivity index (χ1n) is 20.7. The van der Waals surface area contributed by atoms with Gasteiger partial charge >= 0.3 is 0 Å². The molecular formula is C45H56N6O5. The molecule has 0 bridgehead atoms. The smallest absolute Gasteiger partial charge is 0.255 e. The van der Waals surface area contributed by atoms with Gasteiger partial charge in [-0.2, -0.15) is 0 Å². The predicted octanol–water partition coefficient (Wildman–Crippen LogP) is 5.89. The van der Waals surface area contributed by atoms with Gasteiger partial charge in [-0.05, 0) is 124 Å². The second-order valence-corrected chi connectivity index (χ2v) is 16.9. The second-order valence-electron chi connectivity index (χ2n) is 16.9. The van der Waals surface area contributed by atoms with Crippen LogP contribution in [0.2, 0.25) is 0 Å². The average Bonchev–Trinajstić information content (AvgIpc) is 3.51. The first-order chi connectivity index (χ1) is 27.2. The van der Waals surface area contributed by atoms with Crippen LogP contribution < -0.4 is 19.9 Å². The van der Waals surface area contributed by atoms with Crippen LogP contribution in [0.5, 0.6) is 11.5 Å². The number of phenolic OH excluding ortho intramolecular Hbond substituents is 1. The highest BCUT2D eigenvalue weighted by atomic mass is 16.5. The molecule has 6 heterocycles. The molecule has 11 nitrogen and oxygen atoms in total. The van der Waals surface area contributed by atoms with E-state index in [4.69, 9.17) is 4.74 Å². The Bertz CT molecular complexity index is 1940. The van der Waals surface area contributed by atoms with Crippen LogP contribution in [0.4, 0.5) is 11.5 Å². The normalized spacial score (nSPS) is 23.8. The number of allylic oxidation sites excluding steroid dienone is 1. The molecule has 3 amide bonds. The van der Waals surface area contributed by atoms with Crippen LogP contribution in [-0.2, 0) is 29.0 Å². The molecule has 1 spiro atoms. The quantitative estimate of drug-likeness (QED) is 0.248. The Morgan fingerprint density at radius 2 is 1.73 bits per heavy atom. The summed E-state index contributed by atoms with van der Waals surface area (Å²) >= 11 is 0. The summed E-state index contributed by atoms with van der Waals surface area (Å²) in [6.07, 6.45) is 14.4. The number of rotatable bonds is 4. The molecule has 10 rings (SSSR count). The molecule has 11 heteroatoms. The number of piperazine rings is 1. The number of pyridine rings is 1. The number of aromatic nitrogens is 1. The number of aromatic hydroxyl groups is 1. The summed E-state index contributed by atoms with van der Waals surface area (Å²) in [7, 11) is 0. The third-order valence-corrected chi connectivity index (χ3v) is 13.0. The second kappa shape index (κ2) is 16.3. The van der Waals surface area contributed by atoms with Crippen molar-refractivity contribution in [3.8, 4) is 11.5 Å². The van der Waals surface area contributed by atoms with E-state index in [-0.39, 0.29) is 24.1 Å². The molecule has 5 aliphatic heterocycles. The predicted molar refractivity (Wildman–Crippen MR) is 217 cm³/mol. The number of amides is 3.